The van der Waals surface area contributed by atoms with Gasteiger partial charge in [-0.3, -0.25) is 4.79 Å². The number of hydrogen-bond acceptors (Lipinski definition) is 4. The molecule has 0 saturated carbocycles. The summed E-state index contributed by atoms with van der Waals surface area (Å²) in [6.45, 7) is 4.70. The molecule has 154 valence electrons. The maximum absolute atomic E-state index is 12.8. The van der Waals surface area contributed by atoms with E-state index in [0.29, 0.717) is 23.7 Å². The zero-order chi connectivity index (χ0) is 20.5. The Morgan fingerprint density at radius 2 is 2.03 bits per heavy atom. The van der Waals surface area contributed by atoms with Crippen LogP contribution in [0, 0.1) is 13.8 Å². The van der Waals surface area contributed by atoms with Crippen molar-refractivity contribution in [3.8, 4) is 5.75 Å². The lowest BCUT2D eigenvalue weighted by atomic mass is 10.1. The van der Waals surface area contributed by atoms with Crippen LogP contribution in [-0.2, 0) is 6.54 Å². The van der Waals surface area contributed by atoms with Crippen LogP contribution in [0.3, 0.4) is 0 Å². The lowest BCUT2D eigenvalue weighted by Gasteiger charge is -2.32. The number of aromatic nitrogens is 2. The minimum atomic E-state index is -2.40. The van der Waals surface area contributed by atoms with Crippen LogP contribution < -0.4 is 4.74 Å². The van der Waals surface area contributed by atoms with Crippen molar-refractivity contribution in [2.24, 2.45) is 0 Å². The number of amides is 1. The molecule has 8 heteroatoms. The number of benzene rings is 1. The Balaban J connectivity index is 1.42. The fourth-order valence-electron chi connectivity index (χ4n) is 3.84. The molecule has 1 fully saturated rings. The summed E-state index contributed by atoms with van der Waals surface area (Å²) in [5, 5.41) is 1.73. The topological polar surface area (TPSA) is 47.4 Å². The highest BCUT2D eigenvalue weighted by Crippen LogP contribution is 2.30. The second-order valence-corrected chi connectivity index (χ2v) is 8.51. The minimum Gasteiger partial charge on any atom is -0.490 e. The summed E-state index contributed by atoms with van der Waals surface area (Å²) in [5.41, 5.74) is 1.53. The highest BCUT2D eigenvalue weighted by molar-refractivity contribution is 7.13. The molecule has 1 aliphatic heterocycles. The van der Waals surface area contributed by atoms with Gasteiger partial charge in [-0.15, -0.1) is 11.3 Å². The smallest absolute Gasteiger partial charge is 0.265 e. The Morgan fingerprint density at radius 3 is 2.69 bits per heavy atom. The third-order valence-electron chi connectivity index (χ3n) is 5.23. The molecule has 1 aliphatic rings. The van der Waals surface area contributed by atoms with Gasteiger partial charge in [0.05, 0.1) is 22.8 Å². The second-order valence-electron chi connectivity index (χ2n) is 7.30. The molecular weight excluding hydrogens is 396 g/mol. The first-order valence-corrected chi connectivity index (χ1v) is 10.5. The minimum absolute atomic E-state index is 0.00704. The Kier molecular flexibility index (Phi) is 5.54. The predicted octanol–water partition coefficient (Wildman–Crippen LogP) is 4.66. The van der Waals surface area contributed by atoms with Crippen LogP contribution in [0.2, 0.25) is 0 Å². The predicted molar refractivity (Wildman–Crippen MR) is 109 cm³/mol. The molecule has 0 unspecified atom stereocenters. The summed E-state index contributed by atoms with van der Waals surface area (Å²) in [6.07, 6.45) is 0.730. The lowest BCUT2D eigenvalue weighted by molar-refractivity contribution is 0.0601. The van der Waals surface area contributed by atoms with Gasteiger partial charge in [0.25, 0.3) is 12.3 Å². The van der Waals surface area contributed by atoms with E-state index in [4.69, 9.17) is 4.74 Å². The van der Waals surface area contributed by atoms with Crippen LogP contribution in [0.5, 0.6) is 5.75 Å². The molecule has 1 aromatic carbocycles. The van der Waals surface area contributed by atoms with E-state index in [1.165, 1.54) is 11.3 Å². The van der Waals surface area contributed by atoms with Crippen molar-refractivity contribution in [2.45, 2.75) is 45.8 Å². The van der Waals surface area contributed by atoms with E-state index < -0.39 is 6.43 Å². The van der Waals surface area contributed by atoms with Gasteiger partial charge in [-0.05, 0) is 32.0 Å². The molecule has 0 bridgehead atoms. The number of carbonyl (C=O) groups is 1. The van der Waals surface area contributed by atoms with E-state index in [2.05, 4.69) is 4.98 Å². The van der Waals surface area contributed by atoms with Gasteiger partial charge in [-0.2, -0.15) is 0 Å². The molecule has 0 radical (unpaired) electrons. The summed E-state index contributed by atoms with van der Waals surface area (Å²) in [6, 6.07) is 7.34. The number of halogens is 2. The van der Waals surface area contributed by atoms with Gasteiger partial charge in [0.15, 0.2) is 0 Å². The number of hydrogen-bond donors (Lipinski definition) is 0. The standard InChI is InChI=1S/C21H23F2N3O2S/c1-13-20(29-14(2)24-13)21(27)25-9-6-15(7-10-25)28-18-5-3-4-17-16(18)8-11-26(17)12-19(22)23/h3-5,8,11,15,19H,6-7,9-10,12H2,1-2H3. The molecule has 3 aromatic rings. The maximum atomic E-state index is 12.8. The average molecular weight is 419 g/mol. The van der Waals surface area contributed by atoms with Gasteiger partial charge in [0.2, 0.25) is 0 Å². The van der Waals surface area contributed by atoms with Crippen molar-refractivity contribution in [3.05, 3.63) is 46.0 Å². The summed E-state index contributed by atoms with van der Waals surface area (Å²) in [5.74, 6) is 0.743. The van der Waals surface area contributed by atoms with Crippen LogP contribution in [0.25, 0.3) is 10.9 Å². The Bertz CT molecular complexity index is 1020. The maximum Gasteiger partial charge on any atom is 0.265 e. The Hall–Kier alpha value is -2.48. The molecule has 0 spiro atoms. The van der Waals surface area contributed by atoms with Gasteiger partial charge < -0.3 is 14.2 Å². The number of fused-ring (bicyclic) bond motifs is 1. The Labute approximate surface area is 171 Å². The van der Waals surface area contributed by atoms with Gasteiger partial charge in [0, 0.05) is 37.5 Å². The molecule has 1 saturated heterocycles. The molecule has 4 rings (SSSR count). The normalized spacial score (nSPS) is 15.4. The SMILES string of the molecule is Cc1nc(C)c(C(=O)N2CCC(Oc3cccc4c3ccn4CC(F)F)CC2)s1. The number of thiazole rings is 1. The molecule has 0 atom stereocenters. The molecule has 3 heterocycles. The van der Waals surface area contributed by atoms with E-state index in [1.807, 2.05) is 43.0 Å². The number of rotatable bonds is 5. The third-order valence-corrected chi connectivity index (χ3v) is 6.29. The summed E-state index contributed by atoms with van der Waals surface area (Å²) < 4.78 is 33.3. The third kappa shape index (κ3) is 4.12. The highest BCUT2D eigenvalue weighted by atomic mass is 32.1. The number of alkyl halides is 2. The van der Waals surface area contributed by atoms with E-state index in [0.717, 1.165) is 34.4 Å². The summed E-state index contributed by atoms with van der Waals surface area (Å²) in [4.78, 5) is 19.7. The van der Waals surface area contributed by atoms with Gasteiger partial charge in [0.1, 0.15) is 16.7 Å². The van der Waals surface area contributed by atoms with Crippen LogP contribution >= 0.6 is 11.3 Å². The van der Waals surface area contributed by atoms with Crippen LogP contribution in [0.4, 0.5) is 8.78 Å². The molecule has 5 nitrogen and oxygen atoms in total. The van der Waals surface area contributed by atoms with Crippen molar-refractivity contribution in [2.75, 3.05) is 13.1 Å². The van der Waals surface area contributed by atoms with Crippen LogP contribution in [0.15, 0.2) is 30.5 Å². The van der Waals surface area contributed by atoms with Gasteiger partial charge >= 0.3 is 0 Å². The fraction of sp³-hybridized carbons (Fsp3) is 0.429. The number of aryl methyl sites for hydroxylation is 2. The molecule has 1 amide bonds. The summed E-state index contributed by atoms with van der Waals surface area (Å²) >= 11 is 1.44. The van der Waals surface area contributed by atoms with Crippen LogP contribution in [0.1, 0.15) is 33.2 Å². The van der Waals surface area contributed by atoms with Crippen molar-refractivity contribution in [3.63, 3.8) is 0 Å². The second kappa shape index (κ2) is 8.10. The first kappa shape index (κ1) is 19.8. The molecule has 2 aromatic heterocycles. The zero-order valence-corrected chi connectivity index (χ0v) is 17.2. The van der Waals surface area contributed by atoms with Gasteiger partial charge in [-0.25, -0.2) is 13.8 Å². The largest absolute Gasteiger partial charge is 0.490 e. The van der Waals surface area contributed by atoms with E-state index in [1.54, 1.807) is 10.8 Å². The number of piperidine rings is 1. The van der Waals surface area contributed by atoms with Crippen LogP contribution in [-0.4, -0.2) is 46.0 Å². The molecular formula is C21H23F2N3O2S. The Morgan fingerprint density at radius 1 is 1.28 bits per heavy atom. The first-order valence-electron chi connectivity index (χ1n) is 9.68. The molecule has 0 aliphatic carbocycles. The van der Waals surface area contributed by atoms with E-state index in [-0.39, 0.29) is 18.6 Å². The van der Waals surface area contributed by atoms with Crippen molar-refractivity contribution in [1.29, 1.82) is 0 Å². The fourth-order valence-corrected chi connectivity index (χ4v) is 4.72. The van der Waals surface area contributed by atoms with Gasteiger partial charge in [-0.1, -0.05) is 6.07 Å². The monoisotopic (exact) mass is 419 g/mol. The quantitative estimate of drug-likeness (QED) is 0.604. The number of likely N-dealkylation sites (tertiary alicyclic amines) is 1. The van der Waals surface area contributed by atoms with Crippen molar-refractivity contribution >= 4 is 28.1 Å². The number of ether oxygens (including phenoxy) is 1. The lowest BCUT2D eigenvalue weighted by Crippen LogP contribution is -2.41. The molecule has 0 N–H and O–H groups in total. The van der Waals surface area contributed by atoms with E-state index in [9.17, 15) is 13.6 Å². The first-order chi connectivity index (χ1) is 13.9. The zero-order valence-electron chi connectivity index (χ0n) is 16.4. The summed E-state index contributed by atoms with van der Waals surface area (Å²) in [7, 11) is 0. The van der Waals surface area contributed by atoms with E-state index >= 15 is 0 Å². The number of carbonyl (C=O) groups excluding carboxylic acids is 1. The number of nitrogens with zero attached hydrogens (tertiary/aromatic N) is 3. The van der Waals surface area contributed by atoms with Crippen molar-refractivity contribution < 1.29 is 18.3 Å². The highest BCUT2D eigenvalue weighted by Gasteiger charge is 2.27. The van der Waals surface area contributed by atoms with Crippen molar-refractivity contribution in [1.82, 2.24) is 14.5 Å². The average Bonchev–Trinajstić information content (AvgIpc) is 3.24. The molecule has 29 heavy (non-hydrogen) atoms.